The summed E-state index contributed by atoms with van der Waals surface area (Å²) in [6.45, 7) is 5.86. The van der Waals surface area contributed by atoms with Gasteiger partial charge < -0.3 is 10.5 Å². The molecule has 1 atom stereocenters. The van der Waals surface area contributed by atoms with Gasteiger partial charge in [0, 0.05) is 5.38 Å². The first kappa shape index (κ1) is 12.1. The Hall–Kier alpha value is -0.940. The second-order valence-corrected chi connectivity index (χ2v) is 4.71. The van der Waals surface area contributed by atoms with E-state index >= 15 is 0 Å². The maximum Gasteiger partial charge on any atom is 0.308 e. The van der Waals surface area contributed by atoms with Crippen molar-refractivity contribution < 1.29 is 9.53 Å². The summed E-state index contributed by atoms with van der Waals surface area (Å²) in [7, 11) is 0. The molecule has 0 radical (unpaired) electrons. The summed E-state index contributed by atoms with van der Waals surface area (Å²) in [4.78, 5) is 15.6. The lowest BCUT2D eigenvalue weighted by Gasteiger charge is -2.20. The van der Waals surface area contributed by atoms with Crippen LogP contribution in [0.25, 0.3) is 0 Å². The fourth-order valence-corrected chi connectivity index (χ4v) is 1.98. The van der Waals surface area contributed by atoms with E-state index in [2.05, 4.69) is 4.98 Å². The number of rotatable bonds is 4. The Kier molecular flexibility index (Phi) is 3.82. The molecule has 1 aromatic heterocycles. The summed E-state index contributed by atoms with van der Waals surface area (Å²) in [5.74, 6) is -0.284. The molecule has 0 aliphatic heterocycles. The number of thiazole rings is 1. The van der Waals surface area contributed by atoms with Crippen LogP contribution in [0.5, 0.6) is 0 Å². The minimum atomic E-state index is -0.739. The van der Waals surface area contributed by atoms with E-state index in [0.717, 1.165) is 10.7 Å². The molecule has 0 aromatic carbocycles. The fourth-order valence-electron chi connectivity index (χ4n) is 1.23. The average molecular weight is 228 g/mol. The van der Waals surface area contributed by atoms with Gasteiger partial charge in [-0.2, -0.15) is 0 Å². The average Bonchev–Trinajstić information content (AvgIpc) is 2.51. The second kappa shape index (κ2) is 4.72. The summed E-state index contributed by atoms with van der Waals surface area (Å²) in [6, 6.07) is 0. The highest BCUT2D eigenvalue weighted by atomic mass is 32.1. The lowest BCUT2D eigenvalue weighted by molar-refractivity contribution is -0.144. The van der Waals surface area contributed by atoms with Gasteiger partial charge in [0.2, 0.25) is 0 Å². The predicted octanol–water partition coefficient (Wildman–Crippen LogP) is 1.58. The van der Waals surface area contributed by atoms with Crippen LogP contribution in [0, 0.1) is 6.92 Å². The minimum Gasteiger partial charge on any atom is -0.466 e. The van der Waals surface area contributed by atoms with Crippen molar-refractivity contribution in [1.29, 1.82) is 0 Å². The molecule has 0 aliphatic carbocycles. The number of hydrogen-bond acceptors (Lipinski definition) is 5. The van der Waals surface area contributed by atoms with E-state index in [1.807, 2.05) is 12.3 Å². The van der Waals surface area contributed by atoms with Gasteiger partial charge in [0.15, 0.2) is 0 Å². The Morgan fingerprint density at radius 2 is 2.40 bits per heavy atom. The molecule has 0 bridgehead atoms. The van der Waals surface area contributed by atoms with Crippen molar-refractivity contribution in [2.24, 2.45) is 5.73 Å². The molecule has 0 aliphatic rings. The molecular weight excluding hydrogens is 212 g/mol. The zero-order chi connectivity index (χ0) is 11.5. The smallest absolute Gasteiger partial charge is 0.308 e. The first-order valence-electron chi connectivity index (χ1n) is 4.83. The van der Waals surface area contributed by atoms with Crippen molar-refractivity contribution in [3.8, 4) is 0 Å². The molecule has 0 saturated carbocycles. The molecule has 1 aromatic rings. The van der Waals surface area contributed by atoms with Crippen LogP contribution in [-0.4, -0.2) is 17.6 Å². The number of ether oxygens (including phenoxy) is 1. The van der Waals surface area contributed by atoms with Gasteiger partial charge in [0.25, 0.3) is 0 Å². The fraction of sp³-hybridized carbons (Fsp3) is 0.600. The second-order valence-electron chi connectivity index (χ2n) is 3.65. The van der Waals surface area contributed by atoms with Crippen LogP contribution in [0.1, 0.15) is 31.0 Å². The summed E-state index contributed by atoms with van der Waals surface area (Å²) >= 11 is 1.53. The third kappa shape index (κ3) is 3.28. The van der Waals surface area contributed by atoms with Crippen molar-refractivity contribution in [2.45, 2.75) is 32.7 Å². The zero-order valence-electron chi connectivity index (χ0n) is 9.24. The Labute approximate surface area is 93.5 Å². The Balaban J connectivity index is 2.70. The number of aryl methyl sites for hydroxylation is 1. The van der Waals surface area contributed by atoms with Gasteiger partial charge in [0.1, 0.15) is 0 Å². The molecule has 1 rings (SSSR count). The van der Waals surface area contributed by atoms with Gasteiger partial charge in [-0.25, -0.2) is 4.98 Å². The highest BCUT2D eigenvalue weighted by Gasteiger charge is 2.27. The van der Waals surface area contributed by atoms with Crippen LogP contribution in [0.2, 0.25) is 0 Å². The van der Waals surface area contributed by atoms with Crippen molar-refractivity contribution >= 4 is 17.3 Å². The normalized spacial score (nSPS) is 14.7. The topological polar surface area (TPSA) is 65.2 Å². The van der Waals surface area contributed by atoms with Gasteiger partial charge in [-0.3, -0.25) is 4.79 Å². The van der Waals surface area contributed by atoms with Gasteiger partial charge in [-0.1, -0.05) is 0 Å². The van der Waals surface area contributed by atoms with Gasteiger partial charge in [-0.15, -0.1) is 11.3 Å². The number of nitrogens with two attached hydrogens (primary N) is 1. The van der Waals surface area contributed by atoms with E-state index in [1.54, 1.807) is 13.8 Å². The van der Waals surface area contributed by atoms with E-state index in [1.165, 1.54) is 11.3 Å². The number of aromatic nitrogens is 1. The number of esters is 1. The Morgan fingerprint density at radius 3 is 2.87 bits per heavy atom. The molecule has 4 nitrogen and oxygen atoms in total. The first-order chi connectivity index (χ1) is 6.95. The minimum absolute atomic E-state index is 0.157. The molecule has 1 heterocycles. The number of carbonyl (C=O) groups is 1. The molecule has 5 heteroatoms. The predicted molar refractivity (Wildman–Crippen MR) is 59.6 cm³/mol. The molecule has 1 unspecified atom stereocenters. The van der Waals surface area contributed by atoms with Gasteiger partial charge in [-0.05, 0) is 20.8 Å². The lowest BCUT2D eigenvalue weighted by Crippen LogP contribution is -2.36. The number of carbonyl (C=O) groups excluding carboxylic acids is 1. The van der Waals surface area contributed by atoms with Crippen LogP contribution in [-0.2, 0) is 15.1 Å². The molecule has 0 amide bonds. The van der Waals surface area contributed by atoms with E-state index in [-0.39, 0.29) is 12.4 Å². The largest absolute Gasteiger partial charge is 0.466 e. The summed E-state index contributed by atoms with van der Waals surface area (Å²) in [6.07, 6.45) is 0.157. The van der Waals surface area contributed by atoms with E-state index in [0.29, 0.717) is 6.61 Å². The van der Waals surface area contributed by atoms with Crippen LogP contribution < -0.4 is 5.73 Å². The van der Waals surface area contributed by atoms with Crippen LogP contribution in [0.4, 0.5) is 0 Å². The molecule has 0 saturated heterocycles. The first-order valence-corrected chi connectivity index (χ1v) is 5.71. The summed E-state index contributed by atoms with van der Waals surface area (Å²) in [5, 5.41) is 2.83. The molecular formula is C10H16N2O2S. The van der Waals surface area contributed by atoms with Crippen LogP contribution in [0.3, 0.4) is 0 Å². The van der Waals surface area contributed by atoms with E-state index in [9.17, 15) is 4.79 Å². The van der Waals surface area contributed by atoms with Gasteiger partial charge >= 0.3 is 5.97 Å². The van der Waals surface area contributed by atoms with Crippen LogP contribution in [0.15, 0.2) is 5.38 Å². The maximum atomic E-state index is 11.3. The molecule has 0 fully saturated rings. The number of nitrogens with zero attached hydrogens (tertiary/aromatic N) is 1. The van der Waals surface area contributed by atoms with E-state index in [4.69, 9.17) is 10.5 Å². The Morgan fingerprint density at radius 1 is 1.73 bits per heavy atom. The summed E-state index contributed by atoms with van der Waals surface area (Å²) < 4.78 is 4.86. The third-order valence-corrected chi connectivity index (χ3v) is 2.79. The van der Waals surface area contributed by atoms with Gasteiger partial charge in [0.05, 0.1) is 29.3 Å². The molecule has 0 spiro atoms. The quantitative estimate of drug-likeness (QED) is 0.795. The Bertz CT molecular complexity index is 347. The van der Waals surface area contributed by atoms with E-state index < -0.39 is 5.54 Å². The van der Waals surface area contributed by atoms with Crippen molar-refractivity contribution in [2.75, 3.05) is 6.61 Å². The van der Waals surface area contributed by atoms with Crippen molar-refractivity contribution in [1.82, 2.24) is 4.98 Å². The summed E-state index contributed by atoms with van der Waals surface area (Å²) in [5.41, 5.74) is 6.04. The third-order valence-electron chi connectivity index (χ3n) is 2.02. The maximum absolute atomic E-state index is 11.3. The lowest BCUT2D eigenvalue weighted by atomic mass is 9.96. The van der Waals surface area contributed by atoms with Crippen molar-refractivity contribution in [3.63, 3.8) is 0 Å². The van der Waals surface area contributed by atoms with Crippen LogP contribution >= 0.6 is 11.3 Å². The molecule has 84 valence electrons. The number of hydrogen-bond donors (Lipinski definition) is 1. The highest BCUT2D eigenvalue weighted by Crippen LogP contribution is 2.23. The highest BCUT2D eigenvalue weighted by molar-refractivity contribution is 7.09. The molecule has 15 heavy (non-hydrogen) atoms. The standard InChI is InChI=1S/C10H16N2O2S/c1-4-14-9(13)5-10(3,11)8-6-15-7(2)12-8/h6H,4-5,11H2,1-3H3. The van der Waals surface area contributed by atoms with Crippen molar-refractivity contribution in [3.05, 3.63) is 16.1 Å². The zero-order valence-corrected chi connectivity index (χ0v) is 10.1. The molecule has 2 N–H and O–H groups in total. The SMILES string of the molecule is CCOC(=O)CC(C)(N)c1csc(C)n1. The monoisotopic (exact) mass is 228 g/mol.